The van der Waals surface area contributed by atoms with Gasteiger partial charge in [-0.05, 0) is 36.1 Å². The molecule has 16 heavy (non-hydrogen) atoms. The molecule has 0 unspecified atom stereocenters. The lowest BCUT2D eigenvalue weighted by molar-refractivity contribution is 0.646. The summed E-state index contributed by atoms with van der Waals surface area (Å²) < 4.78 is 0.808. The molecule has 2 rings (SSSR count). The summed E-state index contributed by atoms with van der Waals surface area (Å²) in [4.78, 5) is 5.59. The van der Waals surface area contributed by atoms with Crippen LogP contribution in [0, 0.1) is 5.92 Å². The highest BCUT2D eigenvalue weighted by Gasteiger charge is 2.03. The van der Waals surface area contributed by atoms with E-state index in [1.165, 1.54) is 5.56 Å². The number of rotatable bonds is 3. The van der Waals surface area contributed by atoms with Gasteiger partial charge in [-0.1, -0.05) is 31.5 Å². The molecule has 0 atom stereocenters. The Hall–Kier alpha value is -0.860. The van der Waals surface area contributed by atoms with E-state index in [-0.39, 0.29) is 0 Å². The summed E-state index contributed by atoms with van der Waals surface area (Å²) in [5, 5.41) is 0. The molecule has 0 saturated carbocycles. The molecule has 0 aromatic carbocycles. The molecule has 0 radical (unpaired) electrons. The third-order valence-corrected chi connectivity index (χ3v) is 3.55. The van der Waals surface area contributed by atoms with E-state index < -0.39 is 0 Å². The molecule has 3 heteroatoms. The molecule has 0 N–H and O–H groups in total. The van der Waals surface area contributed by atoms with Crippen LogP contribution in [0.25, 0.3) is 10.6 Å². The smallest absolute Gasteiger partial charge is 0.0935 e. The zero-order chi connectivity index (χ0) is 11.5. The first-order chi connectivity index (χ1) is 7.65. The van der Waals surface area contributed by atoms with Gasteiger partial charge in [0.2, 0.25) is 0 Å². The lowest BCUT2D eigenvalue weighted by Crippen LogP contribution is -1.94. The van der Waals surface area contributed by atoms with Crippen molar-refractivity contribution in [1.82, 2.24) is 4.98 Å². The highest BCUT2D eigenvalue weighted by atomic mass is 35.5. The highest BCUT2D eigenvalue weighted by Crippen LogP contribution is 2.29. The van der Waals surface area contributed by atoms with Crippen molar-refractivity contribution in [1.29, 1.82) is 0 Å². The minimum atomic E-state index is 0.670. The molecule has 0 aliphatic carbocycles. The van der Waals surface area contributed by atoms with Gasteiger partial charge in [0.05, 0.1) is 14.9 Å². The average molecular weight is 252 g/mol. The maximum atomic E-state index is 5.90. The van der Waals surface area contributed by atoms with Crippen LogP contribution in [0.1, 0.15) is 19.4 Å². The molecular formula is C13H14ClNS. The Kier molecular flexibility index (Phi) is 3.62. The van der Waals surface area contributed by atoms with Gasteiger partial charge in [-0.2, -0.15) is 0 Å². The van der Waals surface area contributed by atoms with Crippen LogP contribution >= 0.6 is 22.9 Å². The monoisotopic (exact) mass is 251 g/mol. The van der Waals surface area contributed by atoms with E-state index in [2.05, 4.69) is 31.0 Å². The summed E-state index contributed by atoms with van der Waals surface area (Å²) in [6.45, 7) is 4.43. The van der Waals surface area contributed by atoms with Crippen molar-refractivity contribution in [3.05, 3.63) is 40.4 Å². The van der Waals surface area contributed by atoms with E-state index in [9.17, 15) is 0 Å². The van der Waals surface area contributed by atoms with Crippen LogP contribution < -0.4 is 0 Å². The number of pyridine rings is 1. The van der Waals surface area contributed by atoms with E-state index in [0.717, 1.165) is 21.3 Å². The van der Waals surface area contributed by atoms with Gasteiger partial charge >= 0.3 is 0 Å². The zero-order valence-corrected chi connectivity index (χ0v) is 11.0. The van der Waals surface area contributed by atoms with Gasteiger partial charge in [-0.25, -0.2) is 0 Å². The second kappa shape index (κ2) is 4.98. The first-order valence-electron chi connectivity index (χ1n) is 5.36. The Morgan fingerprint density at radius 1 is 1.25 bits per heavy atom. The van der Waals surface area contributed by atoms with E-state index in [4.69, 9.17) is 11.6 Å². The normalized spacial score (nSPS) is 11.0. The number of thiophene rings is 1. The maximum Gasteiger partial charge on any atom is 0.0935 e. The fraction of sp³-hybridized carbons (Fsp3) is 0.308. The largest absolute Gasteiger partial charge is 0.255 e. The summed E-state index contributed by atoms with van der Waals surface area (Å²) in [5.74, 6) is 0.670. The quantitative estimate of drug-likeness (QED) is 0.773. The van der Waals surface area contributed by atoms with Crippen molar-refractivity contribution in [3.8, 4) is 10.6 Å². The van der Waals surface area contributed by atoms with Crippen LogP contribution in [0.2, 0.25) is 4.34 Å². The van der Waals surface area contributed by atoms with Crippen LogP contribution in [0.3, 0.4) is 0 Å². The molecular weight excluding hydrogens is 238 g/mol. The van der Waals surface area contributed by atoms with E-state index in [1.807, 2.05) is 18.3 Å². The second-order valence-electron chi connectivity index (χ2n) is 4.25. The van der Waals surface area contributed by atoms with Crippen molar-refractivity contribution in [2.75, 3.05) is 0 Å². The second-order valence-corrected chi connectivity index (χ2v) is 5.97. The molecule has 84 valence electrons. The SMILES string of the molecule is CC(C)Cc1ccc(-c2ccc(Cl)s2)nc1. The minimum absolute atomic E-state index is 0.670. The number of halogens is 1. The average Bonchev–Trinajstić information content (AvgIpc) is 2.65. The number of hydrogen-bond donors (Lipinski definition) is 0. The standard InChI is InChI=1S/C13H14ClNS/c1-9(2)7-10-3-4-11(15-8-10)12-5-6-13(14)16-12/h3-6,8-9H,7H2,1-2H3. The maximum absolute atomic E-state index is 5.90. The van der Waals surface area contributed by atoms with Gasteiger partial charge in [0.15, 0.2) is 0 Å². The first kappa shape index (κ1) is 11.6. The van der Waals surface area contributed by atoms with Crippen molar-refractivity contribution in [2.45, 2.75) is 20.3 Å². The van der Waals surface area contributed by atoms with Crippen LogP contribution in [-0.2, 0) is 6.42 Å². The molecule has 0 amide bonds. The molecule has 2 aromatic rings. The minimum Gasteiger partial charge on any atom is -0.255 e. The Labute approximate surface area is 105 Å². The van der Waals surface area contributed by atoms with Gasteiger partial charge < -0.3 is 0 Å². The molecule has 2 aromatic heterocycles. The van der Waals surface area contributed by atoms with Crippen molar-refractivity contribution in [3.63, 3.8) is 0 Å². The Bertz CT molecular complexity index is 459. The van der Waals surface area contributed by atoms with Crippen molar-refractivity contribution >= 4 is 22.9 Å². The summed E-state index contributed by atoms with van der Waals surface area (Å²) in [6, 6.07) is 8.14. The van der Waals surface area contributed by atoms with Gasteiger partial charge in [0.1, 0.15) is 0 Å². The zero-order valence-electron chi connectivity index (χ0n) is 9.40. The van der Waals surface area contributed by atoms with Crippen molar-refractivity contribution < 1.29 is 0 Å². The first-order valence-corrected chi connectivity index (χ1v) is 6.55. The fourth-order valence-corrected chi connectivity index (χ4v) is 2.63. The van der Waals surface area contributed by atoms with Crippen molar-refractivity contribution in [2.24, 2.45) is 5.92 Å². The summed E-state index contributed by atoms with van der Waals surface area (Å²) in [5.41, 5.74) is 2.30. The van der Waals surface area contributed by atoms with E-state index >= 15 is 0 Å². The summed E-state index contributed by atoms with van der Waals surface area (Å²) in [6.07, 6.45) is 3.04. The third-order valence-electron chi connectivity index (χ3n) is 2.29. The van der Waals surface area contributed by atoms with Crippen LogP contribution in [0.4, 0.5) is 0 Å². The van der Waals surface area contributed by atoms with Gasteiger partial charge in [-0.3, -0.25) is 4.98 Å². The van der Waals surface area contributed by atoms with Gasteiger partial charge in [0, 0.05) is 6.20 Å². The van der Waals surface area contributed by atoms with Gasteiger partial charge in [-0.15, -0.1) is 11.3 Å². The Morgan fingerprint density at radius 3 is 2.56 bits per heavy atom. The topological polar surface area (TPSA) is 12.9 Å². The molecule has 0 bridgehead atoms. The lowest BCUT2D eigenvalue weighted by atomic mass is 10.0. The molecule has 0 fully saturated rings. The fourth-order valence-electron chi connectivity index (χ4n) is 1.61. The molecule has 1 nitrogen and oxygen atoms in total. The Morgan fingerprint density at radius 2 is 2.06 bits per heavy atom. The van der Waals surface area contributed by atoms with Crippen LogP contribution in [0.5, 0.6) is 0 Å². The lowest BCUT2D eigenvalue weighted by Gasteiger charge is -2.04. The van der Waals surface area contributed by atoms with E-state index in [0.29, 0.717) is 5.92 Å². The highest BCUT2D eigenvalue weighted by molar-refractivity contribution is 7.19. The predicted octanol–water partition coefficient (Wildman–Crippen LogP) is 4.66. The van der Waals surface area contributed by atoms with E-state index in [1.54, 1.807) is 11.3 Å². The number of aromatic nitrogens is 1. The molecule has 0 aliphatic rings. The molecule has 0 spiro atoms. The number of hydrogen-bond acceptors (Lipinski definition) is 2. The van der Waals surface area contributed by atoms with Crippen LogP contribution in [-0.4, -0.2) is 4.98 Å². The summed E-state index contributed by atoms with van der Waals surface area (Å²) >= 11 is 7.46. The van der Waals surface area contributed by atoms with Gasteiger partial charge in [0.25, 0.3) is 0 Å². The Balaban J connectivity index is 2.19. The molecule has 0 saturated heterocycles. The van der Waals surface area contributed by atoms with Crippen LogP contribution in [0.15, 0.2) is 30.5 Å². The third kappa shape index (κ3) is 2.83. The molecule has 2 heterocycles. The molecule has 0 aliphatic heterocycles. The summed E-state index contributed by atoms with van der Waals surface area (Å²) in [7, 11) is 0. The predicted molar refractivity (Wildman–Crippen MR) is 71.1 cm³/mol. The number of nitrogens with zero attached hydrogens (tertiary/aromatic N) is 1.